The van der Waals surface area contributed by atoms with E-state index in [4.69, 9.17) is 9.97 Å². The van der Waals surface area contributed by atoms with E-state index >= 15 is 0 Å². The zero-order valence-corrected chi connectivity index (χ0v) is 39.1. The Morgan fingerprint density at radius 3 is 1.52 bits per heavy atom. The van der Waals surface area contributed by atoms with E-state index in [1.807, 2.05) is 6.20 Å². The summed E-state index contributed by atoms with van der Waals surface area (Å²) in [6.45, 7) is 17.3. The van der Waals surface area contributed by atoms with Crippen molar-refractivity contribution in [1.82, 2.24) is 14.5 Å². The van der Waals surface area contributed by atoms with Crippen molar-refractivity contribution in [3.05, 3.63) is 190 Å². The van der Waals surface area contributed by atoms with E-state index in [1.54, 1.807) is 0 Å². The van der Waals surface area contributed by atoms with Gasteiger partial charge in [0.05, 0.1) is 16.9 Å². The van der Waals surface area contributed by atoms with Crippen LogP contribution in [0.2, 0.25) is 0 Å². The first-order valence-corrected chi connectivity index (χ1v) is 21.5. The molecular formula is C56H46BN5Pt. The van der Waals surface area contributed by atoms with Gasteiger partial charge in [-0.25, -0.2) is 0 Å². The number of aromatic nitrogens is 3. The maximum absolute atomic E-state index is 5.40. The summed E-state index contributed by atoms with van der Waals surface area (Å²) in [4.78, 5) is 15.4. The average molecular weight is 995 g/mol. The Bertz CT molecular complexity index is 3250. The van der Waals surface area contributed by atoms with Gasteiger partial charge in [0, 0.05) is 34.6 Å². The normalized spacial score (nSPS) is 12.5. The molecule has 0 aliphatic carbocycles. The zero-order chi connectivity index (χ0) is 42.6. The summed E-state index contributed by atoms with van der Waals surface area (Å²) in [6.07, 6.45) is 1.96. The zero-order valence-electron chi connectivity index (χ0n) is 36.8. The van der Waals surface area contributed by atoms with Crippen molar-refractivity contribution in [3.8, 4) is 28.3 Å². The van der Waals surface area contributed by atoms with Crippen LogP contribution in [-0.4, -0.2) is 21.2 Å². The molecule has 0 spiro atoms. The van der Waals surface area contributed by atoms with Crippen LogP contribution in [0, 0.1) is 67.5 Å². The van der Waals surface area contributed by atoms with Crippen molar-refractivity contribution in [1.29, 1.82) is 0 Å². The van der Waals surface area contributed by atoms with Gasteiger partial charge in [-0.2, -0.15) is 0 Å². The van der Waals surface area contributed by atoms with Gasteiger partial charge < -0.3 is 19.4 Å². The van der Waals surface area contributed by atoms with Crippen LogP contribution in [0.1, 0.15) is 44.5 Å². The first kappa shape index (κ1) is 40.6. The van der Waals surface area contributed by atoms with Crippen LogP contribution in [0.5, 0.6) is 0 Å². The Kier molecular flexibility index (Phi) is 9.92. The van der Waals surface area contributed by atoms with Crippen LogP contribution in [0.4, 0.5) is 34.1 Å². The molecule has 4 heterocycles. The van der Waals surface area contributed by atoms with E-state index in [0.717, 1.165) is 84.2 Å². The van der Waals surface area contributed by atoms with E-state index in [-0.39, 0.29) is 27.8 Å². The third-order valence-corrected chi connectivity index (χ3v) is 13.1. The monoisotopic (exact) mass is 994 g/mol. The number of benzene rings is 7. The number of aryl methyl sites for hydroxylation is 8. The second-order valence-electron chi connectivity index (χ2n) is 17.3. The molecule has 11 rings (SSSR count). The first-order chi connectivity index (χ1) is 30.1. The van der Waals surface area contributed by atoms with Crippen LogP contribution >= 0.6 is 0 Å². The quantitative estimate of drug-likeness (QED) is 0.127. The molecular weight excluding hydrogens is 949 g/mol. The topological polar surface area (TPSA) is 37.2 Å². The van der Waals surface area contributed by atoms with Crippen molar-refractivity contribution in [2.75, 3.05) is 9.80 Å². The number of nitrogens with zero attached hydrogens (tertiary/aromatic N) is 5. The second-order valence-corrected chi connectivity index (χ2v) is 17.3. The third kappa shape index (κ3) is 6.25. The molecule has 0 N–H and O–H groups in total. The van der Waals surface area contributed by atoms with E-state index < -0.39 is 0 Å². The minimum atomic E-state index is -0.198. The molecule has 2 aliphatic heterocycles. The Hall–Kier alpha value is -6.49. The molecule has 5 nitrogen and oxygen atoms in total. The Labute approximate surface area is 385 Å². The molecule has 63 heavy (non-hydrogen) atoms. The van der Waals surface area contributed by atoms with Crippen molar-refractivity contribution in [3.63, 3.8) is 0 Å². The molecule has 0 unspecified atom stereocenters. The number of para-hydroxylation sites is 5. The second kappa shape index (κ2) is 15.4. The Balaban J connectivity index is 0.00000471. The fourth-order valence-electron chi connectivity index (χ4n) is 10.4. The minimum absolute atomic E-state index is 0. The van der Waals surface area contributed by atoms with Crippen molar-refractivity contribution >= 4 is 68.3 Å². The van der Waals surface area contributed by atoms with E-state index in [1.165, 1.54) is 50.2 Å². The number of rotatable bonds is 5. The first-order valence-electron chi connectivity index (χ1n) is 21.5. The van der Waals surface area contributed by atoms with E-state index in [9.17, 15) is 0 Å². The van der Waals surface area contributed by atoms with Gasteiger partial charge in [0.2, 0.25) is 6.71 Å². The fraction of sp³-hybridized carbons (Fsp3) is 0.143. The number of fused-ring (bicyclic) bond motifs is 5. The summed E-state index contributed by atoms with van der Waals surface area (Å²) in [5, 5.41) is 0. The van der Waals surface area contributed by atoms with Gasteiger partial charge >= 0.3 is 21.1 Å². The van der Waals surface area contributed by atoms with Crippen LogP contribution in [-0.2, 0) is 21.1 Å². The van der Waals surface area contributed by atoms with Crippen LogP contribution in [0.15, 0.2) is 134 Å². The standard InChI is InChI=1S/C56H46BN5.Pt/c1-33-29-40(8)52(58-32-33)41-25-27-46-43(30-41)57-44-31-42(56-59-45-21-9-10-22-48(45)62(56)55-38(6)19-13-20-39(55)7)26-28-47(44)61(54-36(4)17-12-18-37(54)5)50-24-14-23-49(51(50)57)60(46)53-34(2)15-11-16-35(53)3;/h9-29,32H,1-8H3;/q-2;+2. The molecule has 0 fully saturated rings. The van der Waals surface area contributed by atoms with Gasteiger partial charge in [0.25, 0.3) is 0 Å². The fourth-order valence-corrected chi connectivity index (χ4v) is 10.4. The summed E-state index contributed by atoms with van der Waals surface area (Å²) in [5.41, 5.74) is 25.9. The number of anilines is 6. The maximum atomic E-state index is 5.40. The largest absolute Gasteiger partial charge is 2.00 e. The molecule has 308 valence electrons. The van der Waals surface area contributed by atoms with Crippen molar-refractivity contribution in [2.45, 2.75) is 55.4 Å². The summed E-state index contributed by atoms with van der Waals surface area (Å²) < 4.78 is 2.34. The summed E-state index contributed by atoms with van der Waals surface area (Å²) in [6, 6.07) is 54.5. The number of hydrogen-bond donors (Lipinski definition) is 0. The van der Waals surface area contributed by atoms with Gasteiger partial charge in [-0.3, -0.25) is 4.98 Å². The summed E-state index contributed by atoms with van der Waals surface area (Å²) in [5.74, 6) is 0.870. The molecule has 7 heteroatoms. The van der Waals surface area contributed by atoms with Crippen LogP contribution < -0.4 is 26.2 Å². The predicted molar refractivity (Wildman–Crippen MR) is 259 cm³/mol. The van der Waals surface area contributed by atoms with Crippen molar-refractivity contribution in [2.24, 2.45) is 0 Å². The summed E-state index contributed by atoms with van der Waals surface area (Å²) >= 11 is 0. The molecule has 7 aromatic carbocycles. The van der Waals surface area contributed by atoms with Gasteiger partial charge in [-0.15, -0.1) is 58.5 Å². The number of pyridine rings is 1. The molecule has 0 atom stereocenters. The molecule has 9 aromatic rings. The molecule has 0 amide bonds. The van der Waals surface area contributed by atoms with Gasteiger partial charge in [0.15, 0.2) is 0 Å². The maximum Gasteiger partial charge on any atom is 2.00 e. The number of imidazole rings is 1. The molecule has 0 radical (unpaired) electrons. The van der Waals surface area contributed by atoms with E-state index in [0.29, 0.717) is 0 Å². The molecule has 2 aromatic heterocycles. The Morgan fingerprint density at radius 2 is 0.968 bits per heavy atom. The minimum Gasteiger partial charge on any atom is -0.352 e. The van der Waals surface area contributed by atoms with Gasteiger partial charge in [0.1, 0.15) is 0 Å². The van der Waals surface area contributed by atoms with Gasteiger partial charge in [-0.1, -0.05) is 84.4 Å². The molecule has 0 saturated heterocycles. The molecule has 0 bridgehead atoms. The third-order valence-electron chi connectivity index (χ3n) is 13.1. The van der Waals surface area contributed by atoms with Crippen LogP contribution in [0.3, 0.4) is 0 Å². The average Bonchev–Trinajstić information content (AvgIpc) is 3.63. The smallest absolute Gasteiger partial charge is 0.352 e. The van der Waals surface area contributed by atoms with Crippen LogP contribution in [0.25, 0.3) is 39.4 Å². The van der Waals surface area contributed by atoms with Gasteiger partial charge in [-0.05, 0) is 141 Å². The number of hydrogen-bond acceptors (Lipinski definition) is 4. The molecule has 2 aliphatic rings. The SMILES string of the molecule is Cc1cnc(-c2[c-]c3c(cc2)N(c2c(C)cccc2C)c2cccc4c2B3c2[c-]c(-c3nc5ccccc5n3-c3c(C)cccc3C)ccc2N4c2c(C)cccc2C)c(C)c1.[Pt+2]. The summed E-state index contributed by atoms with van der Waals surface area (Å²) in [7, 11) is 0. The van der Waals surface area contributed by atoms with Crippen molar-refractivity contribution < 1.29 is 21.1 Å². The molecule has 0 saturated carbocycles. The van der Waals surface area contributed by atoms with E-state index in [2.05, 4.69) is 209 Å². The predicted octanol–water partition coefficient (Wildman–Crippen LogP) is 11.9. The Morgan fingerprint density at radius 1 is 0.476 bits per heavy atom.